The van der Waals surface area contributed by atoms with Crippen molar-refractivity contribution in [2.24, 2.45) is 5.84 Å². The minimum Gasteiger partial charge on any atom is -0.497 e. The van der Waals surface area contributed by atoms with E-state index in [1.54, 1.807) is 20.3 Å². The number of rotatable bonds is 5. The van der Waals surface area contributed by atoms with Crippen LogP contribution in [0.3, 0.4) is 0 Å². The number of aromatic nitrogens is 2. The first-order valence-electron chi connectivity index (χ1n) is 5.97. The molecule has 2 aromatic rings. The molecule has 1 aromatic heterocycles. The normalized spacial score (nSPS) is 10.2. The van der Waals surface area contributed by atoms with E-state index in [9.17, 15) is 0 Å². The largest absolute Gasteiger partial charge is 0.497 e. The van der Waals surface area contributed by atoms with Crippen LogP contribution in [0.1, 0.15) is 11.3 Å². The standard InChI is InChI=1S/C13H17N5O2/c1-19-10-4-3-8(11(7-10)20-2)5-9-6-12(18-15)17-13(14)16-9/h3-4,6-7H,5,15H2,1-2H3,(H3,14,16,17,18). The van der Waals surface area contributed by atoms with Gasteiger partial charge in [-0.05, 0) is 6.07 Å². The molecular weight excluding hydrogens is 258 g/mol. The number of nitrogen functional groups attached to an aromatic ring is 2. The van der Waals surface area contributed by atoms with E-state index in [0.717, 1.165) is 22.8 Å². The fourth-order valence-electron chi connectivity index (χ4n) is 1.88. The summed E-state index contributed by atoms with van der Waals surface area (Å²) in [7, 11) is 3.22. The number of anilines is 2. The third kappa shape index (κ3) is 3.07. The summed E-state index contributed by atoms with van der Waals surface area (Å²) in [6.07, 6.45) is 0.550. The highest BCUT2D eigenvalue weighted by Crippen LogP contribution is 2.26. The van der Waals surface area contributed by atoms with Gasteiger partial charge in [-0.1, -0.05) is 6.07 Å². The number of nitrogens with zero attached hydrogens (tertiary/aromatic N) is 2. The fraction of sp³-hybridized carbons (Fsp3) is 0.231. The van der Waals surface area contributed by atoms with Gasteiger partial charge in [-0.2, -0.15) is 4.98 Å². The molecule has 0 saturated carbocycles. The van der Waals surface area contributed by atoms with E-state index in [2.05, 4.69) is 15.4 Å². The molecule has 0 spiro atoms. The van der Waals surface area contributed by atoms with Crippen LogP contribution in [-0.2, 0) is 6.42 Å². The maximum absolute atomic E-state index is 5.64. The number of hydrazine groups is 1. The Morgan fingerprint density at radius 2 is 1.95 bits per heavy atom. The van der Waals surface area contributed by atoms with Crippen molar-refractivity contribution in [3.63, 3.8) is 0 Å². The third-order valence-corrected chi connectivity index (χ3v) is 2.81. The zero-order valence-corrected chi connectivity index (χ0v) is 11.4. The number of hydrogen-bond donors (Lipinski definition) is 3. The van der Waals surface area contributed by atoms with Crippen LogP contribution in [0.2, 0.25) is 0 Å². The molecule has 7 heteroatoms. The second kappa shape index (κ2) is 6.07. The minimum atomic E-state index is 0.169. The summed E-state index contributed by atoms with van der Waals surface area (Å²) in [4.78, 5) is 8.12. The smallest absolute Gasteiger partial charge is 0.222 e. The summed E-state index contributed by atoms with van der Waals surface area (Å²) >= 11 is 0. The first-order chi connectivity index (χ1) is 9.66. The number of methoxy groups -OCH3 is 2. The van der Waals surface area contributed by atoms with E-state index >= 15 is 0 Å². The van der Waals surface area contributed by atoms with Crippen LogP contribution in [-0.4, -0.2) is 24.2 Å². The monoisotopic (exact) mass is 275 g/mol. The van der Waals surface area contributed by atoms with Crippen molar-refractivity contribution in [3.8, 4) is 11.5 Å². The Labute approximate surface area is 116 Å². The number of nitrogens with two attached hydrogens (primary N) is 2. The van der Waals surface area contributed by atoms with Crippen molar-refractivity contribution in [1.29, 1.82) is 0 Å². The highest BCUT2D eigenvalue weighted by molar-refractivity contribution is 5.45. The van der Waals surface area contributed by atoms with Crippen LogP contribution < -0.4 is 26.5 Å². The molecule has 0 radical (unpaired) electrons. The van der Waals surface area contributed by atoms with Crippen LogP contribution in [0.25, 0.3) is 0 Å². The highest BCUT2D eigenvalue weighted by Gasteiger charge is 2.09. The molecule has 0 fully saturated rings. The summed E-state index contributed by atoms with van der Waals surface area (Å²) in [5.74, 6) is 7.44. The lowest BCUT2D eigenvalue weighted by atomic mass is 10.1. The fourth-order valence-corrected chi connectivity index (χ4v) is 1.88. The predicted octanol–water partition coefficient (Wildman–Crippen LogP) is 0.952. The maximum atomic E-state index is 5.64. The molecule has 0 saturated heterocycles. The lowest BCUT2D eigenvalue weighted by Gasteiger charge is -2.11. The molecule has 106 valence electrons. The number of hydrogen-bond acceptors (Lipinski definition) is 7. The summed E-state index contributed by atoms with van der Waals surface area (Å²) in [5, 5.41) is 0. The Morgan fingerprint density at radius 3 is 2.60 bits per heavy atom. The molecule has 5 N–H and O–H groups in total. The van der Waals surface area contributed by atoms with Crippen molar-refractivity contribution >= 4 is 11.8 Å². The maximum Gasteiger partial charge on any atom is 0.222 e. The van der Waals surface area contributed by atoms with Crippen molar-refractivity contribution in [2.75, 3.05) is 25.4 Å². The lowest BCUT2D eigenvalue weighted by molar-refractivity contribution is 0.391. The van der Waals surface area contributed by atoms with E-state index in [0.29, 0.717) is 12.2 Å². The quantitative estimate of drug-likeness (QED) is 0.550. The third-order valence-electron chi connectivity index (χ3n) is 2.81. The van der Waals surface area contributed by atoms with E-state index in [-0.39, 0.29) is 5.95 Å². The molecule has 0 atom stereocenters. The van der Waals surface area contributed by atoms with E-state index in [1.807, 2.05) is 18.2 Å². The van der Waals surface area contributed by atoms with Gasteiger partial charge in [0.15, 0.2) is 0 Å². The zero-order valence-electron chi connectivity index (χ0n) is 11.4. The average Bonchev–Trinajstić information content (AvgIpc) is 2.47. The van der Waals surface area contributed by atoms with Crippen LogP contribution in [0.15, 0.2) is 24.3 Å². The molecule has 7 nitrogen and oxygen atoms in total. The molecule has 0 amide bonds. The van der Waals surface area contributed by atoms with Gasteiger partial charge in [0.2, 0.25) is 5.95 Å². The second-order valence-electron chi connectivity index (χ2n) is 4.10. The van der Waals surface area contributed by atoms with Gasteiger partial charge in [0.25, 0.3) is 0 Å². The number of nitrogens with one attached hydrogen (secondary N) is 1. The Morgan fingerprint density at radius 1 is 1.15 bits per heavy atom. The van der Waals surface area contributed by atoms with Gasteiger partial charge in [0.05, 0.1) is 19.9 Å². The average molecular weight is 275 g/mol. The highest BCUT2D eigenvalue weighted by atomic mass is 16.5. The van der Waals surface area contributed by atoms with Gasteiger partial charge in [0.1, 0.15) is 17.3 Å². The Hall–Kier alpha value is -2.54. The molecule has 0 aliphatic rings. The Balaban J connectivity index is 2.31. The first kappa shape index (κ1) is 13.9. The molecular formula is C13H17N5O2. The molecule has 0 aliphatic heterocycles. The van der Waals surface area contributed by atoms with Gasteiger partial charge in [-0.25, -0.2) is 10.8 Å². The van der Waals surface area contributed by atoms with Crippen molar-refractivity contribution in [2.45, 2.75) is 6.42 Å². The molecule has 1 heterocycles. The predicted molar refractivity (Wildman–Crippen MR) is 76.6 cm³/mol. The summed E-state index contributed by atoms with van der Waals surface area (Å²) in [6, 6.07) is 7.35. The van der Waals surface area contributed by atoms with Crippen molar-refractivity contribution < 1.29 is 9.47 Å². The molecule has 20 heavy (non-hydrogen) atoms. The molecule has 1 aromatic carbocycles. The van der Waals surface area contributed by atoms with Crippen LogP contribution in [0.5, 0.6) is 11.5 Å². The van der Waals surface area contributed by atoms with Gasteiger partial charge in [0, 0.05) is 24.1 Å². The van der Waals surface area contributed by atoms with Gasteiger partial charge < -0.3 is 20.6 Å². The van der Waals surface area contributed by atoms with E-state index in [4.69, 9.17) is 21.1 Å². The van der Waals surface area contributed by atoms with Crippen molar-refractivity contribution in [1.82, 2.24) is 9.97 Å². The van der Waals surface area contributed by atoms with E-state index < -0.39 is 0 Å². The zero-order chi connectivity index (χ0) is 14.5. The summed E-state index contributed by atoms with van der Waals surface area (Å²) in [6.45, 7) is 0. The lowest BCUT2D eigenvalue weighted by Crippen LogP contribution is -2.11. The van der Waals surface area contributed by atoms with Crippen LogP contribution >= 0.6 is 0 Å². The van der Waals surface area contributed by atoms with E-state index in [1.165, 1.54) is 0 Å². The second-order valence-corrected chi connectivity index (χ2v) is 4.10. The molecule has 0 unspecified atom stereocenters. The minimum absolute atomic E-state index is 0.169. The number of ether oxygens (including phenoxy) is 2. The molecule has 0 bridgehead atoms. The summed E-state index contributed by atoms with van der Waals surface area (Å²) in [5.41, 5.74) is 9.81. The Bertz CT molecular complexity index is 603. The number of benzene rings is 1. The molecule has 0 aliphatic carbocycles. The van der Waals surface area contributed by atoms with Crippen molar-refractivity contribution in [3.05, 3.63) is 35.5 Å². The SMILES string of the molecule is COc1ccc(Cc2cc(NN)nc(N)n2)c(OC)c1. The first-order valence-corrected chi connectivity index (χ1v) is 5.97. The van der Waals surface area contributed by atoms with Crippen LogP contribution in [0.4, 0.5) is 11.8 Å². The van der Waals surface area contributed by atoms with Gasteiger partial charge in [-0.15, -0.1) is 0 Å². The van der Waals surface area contributed by atoms with Gasteiger partial charge >= 0.3 is 0 Å². The summed E-state index contributed by atoms with van der Waals surface area (Å²) < 4.78 is 10.5. The topological polar surface area (TPSA) is 108 Å². The van der Waals surface area contributed by atoms with Gasteiger partial charge in [-0.3, -0.25) is 0 Å². The Kier molecular flexibility index (Phi) is 4.21. The molecule has 2 rings (SSSR count). The van der Waals surface area contributed by atoms with Crippen LogP contribution in [0, 0.1) is 0 Å².